The molecule has 0 aliphatic rings. The first-order valence-corrected chi connectivity index (χ1v) is 7.87. The lowest BCUT2D eigenvalue weighted by Gasteiger charge is -2.06. The third-order valence-corrected chi connectivity index (χ3v) is 3.80. The number of rotatable bonds is 6. The molecule has 128 valence electrons. The van der Waals surface area contributed by atoms with Crippen LogP contribution in [-0.4, -0.2) is 23.2 Å². The van der Waals surface area contributed by atoms with Gasteiger partial charge in [0.1, 0.15) is 12.9 Å². The standard InChI is InChI=1S/C18H15ClN2O4/c1-23-18(22)13-4-7-17(20-9-13)24-10-14-11-25-21-16(14)8-12-2-5-15(19)6-3-12/h2-7,9,11H,8,10H2,1H3. The molecule has 0 aliphatic heterocycles. The zero-order chi connectivity index (χ0) is 17.6. The molecule has 0 aliphatic carbocycles. The van der Waals surface area contributed by atoms with Gasteiger partial charge in [-0.1, -0.05) is 28.9 Å². The summed E-state index contributed by atoms with van der Waals surface area (Å²) >= 11 is 5.89. The fourth-order valence-electron chi connectivity index (χ4n) is 2.19. The number of esters is 1. The minimum atomic E-state index is -0.441. The van der Waals surface area contributed by atoms with Crippen LogP contribution in [0.1, 0.15) is 27.2 Å². The molecule has 0 N–H and O–H groups in total. The van der Waals surface area contributed by atoms with Gasteiger partial charge >= 0.3 is 5.97 Å². The highest BCUT2D eigenvalue weighted by molar-refractivity contribution is 6.30. The topological polar surface area (TPSA) is 74.5 Å². The highest BCUT2D eigenvalue weighted by atomic mass is 35.5. The second-order valence-corrected chi connectivity index (χ2v) is 5.69. The monoisotopic (exact) mass is 358 g/mol. The molecule has 6 nitrogen and oxygen atoms in total. The normalized spacial score (nSPS) is 10.5. The quantitative estimate of drug-likeness (QED) is 0.626. The summed E-state index contributed by atoms with van der Waals surface area (Å²) in [5, 5.41) is 4.71. The Morgan fingerprint density at radius 1 is 1.20 bits per heavy atom. The van der Waals surface area contributed by atoms with Gasteiger partial charge in [-0.2, -0.15) is 0 Å². The molecule has 3 aromatic rings. The molecule has 0 unspecified atom stereocenters. The van der Waals surface area contributed by atoms with Crippen LogP contribution in [0.15, 0.2) is 53.4 Å². The van der Waals surface area contributed by atoms with Crippen molar-refractivity contribution in [2.24, 2.45) is 0 Å². The number of benzene rings is 1. The van der Waals surface area contributed by atoms with E-state index in [1.165, 1.54) is 13.3 Å². The molecule has 0 saturated heterocycles. The van der Waals surface area contributed by atoms with Crippen molar-refractivity contribution in [2.45, 2.75) is 13.0 Å². The second-order valence-electron chi connectivity index (χ2n) is 5.26. The number of aromatic nitrogens is 2. The molecule has 0 saturated carbocycles. The fourth-order valence-corrected chi connectivity index (χ4v) is 2.32. The lowest BCUT2D eigenvalue weighted by Crippen LogP contribution is -2.03. The van der Waals surface area contributed by atoms with Gasteiger partial charge in [-0.25, -0.2) is 9.78 Å². The van der Waals surface area contributed by atoms with E-state index in [9.17, 15) is 4.79 Å². The molecule has 2 aromatic heterocycles. The Morgan fingerprint density at radius 2 is 2.00 bits per heavy atom. The van der Waals surface area contributed by atoms with Crippen LogP contribution >= 0.6 is 11.6 Å². The lowest BCUT2D eigenvalue weighted by atomic mass is 10.1. The highest BCUT2D eigenvalue weighted by Gasteiger charge is 2.11. The number of carbonyl (C=O) groups excluding carboxylic acids is 1. The maximum Gasteiger partial charge on any atom is 0.339 e. The minimum Gasteiger partial charge on any atom is -0.473 e. The Bertz CT molecular complexity index is 844. The van der Waals surface area contributed by atoms with E-state index < -0.39 is 5.97 Å². The predicted molar refractivity (Wildman–Crippen MR) is 90.7 cm³/mol. The van der Waals surface area contributed by atoms with Crippen molar-refractivity contribution in [3.63, 3.8) is 0 Å². The van der Waals surface area contributed by atoms with Crippen LogP contribution in [0.2, 0.25) is 5.02 Å². The van der Waals surface area contributed by atoms with Crippen molar-refractivity contribution in [3.05, 3.63) is 76.3 Å². The average Bonchev–Trinajstić information content (AvgIpc) is 3.08. The van der Waals surface area contributed by atoms with Gasteiger partial charge in [-0.3, -0.25) is 0 Å². The number of hydrogen-bond donors (Lipinski definition) is 0. The third-order valence-electron chi connectivity index (χ3n) is 3.55. The smallest absolute Gasteiger partial charge is 0.339 e. The van der Waals surface area contributed by atoms with E-state index in [0.29, 0.717) is 22.9 Å². The summed E-state index contributed by atoms with van der Waals surface area (Å²) in [7, 11) is 1.32. The lowest BCUT2D eigenvalue weighted by molar-refractivity contribution is 0.0600. The van der Waals surface area contributed by atoms with Crippen LogP contribution in [0.25, 0.3) is 0 Å². The zero-order valence-electron chi connectivity index (χ0n) is 13.4. The van der Waals surface area contributed by atoms with Gasteiger partial charge in [0, 0.05) is 23.7 Å². The van der Waals surface area contributed by atoms with Gasteiger partial charge in [-0.15, -0.1) is 0 Å². The van der Waals surface area contributed by atoms with E-state index in [1.807, 2.05) is 24.3 Å². The molecule has 7 heteroatoms. The Balaban J connectivity index is 1.63. The number of carbonyl (C=O) groups is 1. The molecule has 3 rings (SSSR count). The first-order valence-electron chi connectivity index (χ1n) is 7.49. The average molecular weight is 359 g/mol. The summed E-state index contributed by atoms with van der Waals surface area (Å²) in [5.74, 6) is -0.0466. The van der Waals surface area contributed by atoms with Gasteiger partial charge < -0.3 is 14.0 Å². The number of methoxy groups -OCH3 is 1. The summed E-state index contributed by atoms with van der Waals surface area (Å²) < 4.78 is 15.3. The number of pyridine rings is 1. The van der Waals surface area contributed by atoms with E-state index >= 15 is 0 Å². The molecule has 0 atom stereocenters. The summed E-state index contributed by atoms with van der Waals surface area (Å²) in [5.41, 5.74) is 3.05. The molecule has 25 heavy (non-hydrogen) atoms. The van der Waals surface area contributed by atoms with Crippen molar-refractivity contribution < 1.29 is 18.8 Å². The minimum absolute atomic E-state index is 0.261. The predicted octanol–water partition coefficient (Wildman–Crippen LogP) is 3.68. The van der Waals surface area contributed by atoms with E-state index in [2.05, 4.69) is 14.9 Å². The van der Waals surface area contributed by atoms with Crippen molar-refractivity contribution in [2.75, 3.05) is 7.11 Å². The molecule has 2 heterocycles. The second kappa shape index (κ2) is 7.81. The molecular weight excluding hydrogens is 344 g/mol. The van der Waals surface area contributed by atoms with Gasteiger partial charge in [0.05, 0.1) is 23.9 Å². The van der Waals surface area contributed by atoms with Crippen LogP contribution in [0.3, 0.4) is 0 Å². The number of ether oxygens (including phenoxy) is 2. The van der Waals surface area contributed by atoms with E-state index in [-0.39, 0.29) is 6.61 Å². The van der Waals surface area contributed by atoms with Crippen LogP contribution in [-0.2, 0) is 17.8 Å². The molecule has 0 amide bonds. The molecule has 0 fully saturated rings. The highest BCUT2D eigenvalue weighted by Crippen LogP contribution is 2.17. The molecule has 0 bridgehead atoms. The van der Waals surface area contributed by atoms with E-state index in [4.69, 9.17) is 20.9 Å². The van der Waals surface area contributed by atoms with Gasteiger partial charge in [0.25, 0.3) is 0 Å². The van der Waals surface area contributed by atoms with Gasteiger partial charge in [0.15, 0.2) is 0 Å². The molecular formula is C18H15ClN2O4. The number of nitrogens with zero attached hydrogens (tertiary/aromatic N) is 2. The van der Waals surface area contributed by atoms with Crippen molar-refractivity contribution >= 4 is 17.6 Å². The van der Waals surface area contributed by atoms with Crippen molar-refractivity contribution in [1.82, 2.24) is 10.1 Å². The zero-order valence-corrected chi connectivity index (χ0v) is 14.2. The summed E-state index contributed by atoms with van der Waals surface area (Å²) in [6.07, 6.45) is 3.57. The SMILES string of the molecule is COC(=O)c1ccc(OCc2conc2Cc2ccc(Cl)cc2)nc1. The van der Waals surface area contributed by atoms with Crippen LogP contribution < -0.4 is 4.74 Å². The largest absolute Gasteiger partial charge is 0.473 e. The first kappa shape index (κ1) is 17.0. The van der Waals surface area contributed by atoms with E-state index in [0.717, 1.165) is 16.8 Å². The summed E-state index contributed by atoms with van der Waals surface area (Å²) in [6.45, 7) is 0.261. The van der Waals surface area contributed by atoms with Crippen LogP contribution in [0.4, 0.5) is 0 Å². The fraction of sp³-hybridized carbons (Fsp3) is 0.167. The van der Waals surface area contributed by atoms with E-state index in [1.54, 1.807) is 18.4 Å². The van der Waals surface area contributed by atoms with Crippen molar-refractivity contribution in [3.8, 4) is 5.88 Å². The van der Waals surface area contributed by atoms with Crippen LogP contribution in [0, 0.1) is 0 Å². The number of halogens is 1. The maximum absolute atomic E-state index is 11.4. The first-order chi connectivity index (χ1) is 12.2. The van der Waals surface area contributed by atoms with Gasteiger partial charge in [0.2, 0.25) is 5.88 Å². The Morgan fingerprint density at radius 3 is 2.68 bits per heavy atom. The summed E-state index contributed by atoms with van der Waals surface area (Å²) in [4.78, 5) is 15.5. The molecule has 1 aromatic carbocycles. The summed E-state index contributed by atoms with van der Waals surface area (Å²) in [6, 6.07) is 10.7. The number of hydrogen-bond acceptors (Lipinski definition) is 6. The Labute approximate surface area is 149 Å². The molecule has 0 radical (unpaired) electrons. The molecule has 0 spiro atoms. The maximum atomic E-state index is 11.4. The Kier molecular flexibility index (Phi) is 5.30. The van der Waals surface area contributed by atoms with Crippen LogP contribution in [0.5, 0.6) is 5.88 Å². The van der Waals surface area contributed by atoms with Gasteiger partial charge in [-0.05, 0) is 23.8 Å². The third kappa shape index (κ3) is 4.36. The van der Waals surface area contributed by atoms with Crippen molar-refractivity contribution in [1.29, 1.82) is 0 Å². The Hall–Kier alpha value is -2.86.